The summed E-state index contributed by atoms with van der Waals surface area (Å²) in [4.78, 5) is 11.0. The van der Waals surface area contributed by atoms with E-state index in [1.807, 2.05) is 0 Å². The van der Waals surface area contributed by atoms with Crippen molar-refractivity contribution in [2.45, 2.75) is 16.2 Å². The fraction of sp³-hybridized carbons (Fsp3) is 0.0909. The molecule has 0 saturated heterocycles. The summed E-state index contributed by atoms with van der Waals surface area (Å²) in [5.74, 6) is 0. The van der Waals surface area contributed by atoms with Crippen LogP contribution < -0.4 is 0 Å². The molecule has 0 N–H and O–H groups in total. The Hall–Kier alpha value is -2.14. The number of aromatic nitrogens is 3. The molecule has 0 fully saturated rings. The van der Waals surface area contributed by atoms with Crippen molar-refractivity contribution in [3.63, 3.8) is 0 Å². The molecule has 0 spiro atoms. The second-order valence-corrected chi connectivity index (χ2v) is 4.32. The number of rotatable bonds is 2. The lowest BCUT2D eigenvalue weighted by Gasteiger charge is -2.08. The van der Waals surface area contributed by atoms with E-state index >= 15 is 0 Å². The number of nitrogens with zero attached hydrogens (tertiary/aromatic N) is 4. The quantitative estimate of drug-likeness (QED) is 0.792. The Morgan fingerprint density at radius 3 is 2.58 bits per heavy atom. The van der Waals surface area contributed by atoms with Crippen molar-refractivity contribution in [3.05, 3.63) is 42.0 Å². The minimum absolute atomic E-state index is 0.0315. The van der Waals surface area contributed by atoms with E-state index in [9.17, 15) is 13.2 Å². The standard InChI is InChI=1S/C11H5F3N4S/c12-11(13,14)8-2-1-7(5-15)10(18-8)19-9-3-4-16-6-17-9/h1-4,6H. The SMILES string of the molecule is N#Cc1ccc(C(F)(F)F)nc1Sc1ccncn1. The largest absolute Gasteiger partial charge is 0.433 e. The van der Waals surface area contributed by atoms with E-state index in [1.54, 1.807) is 6.07 Å². The Morgan fingerprint density at radius 1 is 1.21 bits per heavy atom. The Bertz CT molecular complexity index is 622. The van der Waals surface area contributed by atoms with Crippen LogP contribution >= 0.6 is 11.8 Å². The lowest BCUT2D eigenvalue weighted by molar-refractivity contribution is -0.141. The number of hydrogen-bond acceptors (Lipinski definition) is 5. The lowest BCUT2D eigenvalue weighted by Crippen LogP contribution is -2.08. The van der Waals surface area contributed by atoms with Gasteiger partial charge in [-0.2, -0.15) is 18.4 Å². The zero-order valence-electron chi connectivity index (χ0n) is 9.22. The van der Waals surface area contributed by atoms with Crippen molar-refractivity contribution < 1.29 is 13.2 Å². The molecule has 0 amide bonds. The van der Waals surface area contributed by atoms with Gasteiger partial charge in [0.25, 0.3) is 0 Å². The highest BCUT2D eigenvalue weighted by Gasteiger charge is 2.33. The van der Waals surface area contributed by atoms with E-state index in [-0.39, 0.29) is 10.6 Å². The molecule has 0 saturated carbocycles. The molecule has 2 aromatic heterocycles. The minimum atomic E-state index is -4.55. The van der Waals surface area contributed by atoms with Crippen LogP contribution in [0.4, 0.5) is 13.2 Å². The van der Waals surface area contributed by atoms with Crippen molar-refractivity contribution in [1.29, 1.82) is 5.26 Å². The van der Waals surface area contributed by atoms with Crippen LogP contribution in [0.5, 0.6) is 0 Å². The van der Waals surface area contributed by atoms with E-state index in [2.05, 4.69) is 15.0 Å². The van der Waals surface area contributed by atoms with Crippen molar-refractivity contribution in [1.82, 2.24) is 15.0 Å². The average molecular weight is 282 g/mol. The summed E-state index contributed by atoms with van der Waals surface area (Å²) in [5, 5.41) is 9.26. The smallest absolute Gasteiger partial charge is 0.245 e. The van der Waals surface area contributed by atoms with Crippen molar-refractivity contribution in [2.24, 2.45) is 0 Å². The normalized spacial score (nSPS) is 11.1. The molecule has 2 rings (SSSR count). The predicted molar refractivity (Wildman–Crippen MR) is 60.1 cm³/mol. The van der Waals surface area contributed by atoms with Crippen molar-refractivity contribution in [3.8, 4) is 6.07 Å². The number of alkyl halides is 3. The first-order chi connectivity index (χ1) is 9.00. The highest BCUT2D eigenvalue weighted by Crippen LogP contribution is 2.32. The molecule has 8 heteroatoms. The third-order valence-electron chi connectivity index (χ3n) is 2.03. The third kappa shape index (κ3) is 3.20. The topological polar surface area (TPSA) is 62.5 Å². The second-order valence-electron chi connectivity index (χ2n) is 3.31. The van der Waals surface area contributed by atoms with Gasteiger partial charge in [-0.1, -0.05) is 0 Å². The van der Waals surface area contributed by atoms with Gasteiger partial charge in [0.05, 0.1) is 5.56 Å². The molecule has 2 aromatic rings. The summed E-state index contributed by atoms with van der Waals surface area (Å²) in [7, 11) is 0. The molecule has 0 atom stereocenters. The maximum Gasteiger partial charge on any atom is 0.433 e. The molecule has 0 unspecified atom stereocenters. The van der Waals surface area contributed by atoms with Gasteiger partial charge in [0.15, 0.2) is 0 Å². The van der Waals surface area contributed by atoms with Gasteiger partial charge in [0.1, 0.15) is 28.1 Å². The fourth-order valence-corrected chi connectivity index (χ4v) is 1.99. The van der Waals surface area contributed by atoms with Crippen LogP contribution in [0.1, 0.15) is 11.3 Å². The Morgan fingerprint density at radius 2 is 2.00 bits per heavy atom. The average Bonchev–Trinajstić information content (AvgIpc) is 2.39. The maximum atomic E-state index is 12.6. The highest BCUT2D eigenvalue weighted by molar-refractivity contribution is 7.99. The van der Waals surface area contributed by atoms with Crippen molar-refractivity contribution in [2.75, 3.05) is 0 Å². The maximum absolute atomic E-state index is 12.6. The number of halogens is 3. The highest BCUT2D eigenvalue weighted by atomic mass is 32.2. The predicted octanol–water partition coefficient (Wildman–Crippen LogP) is 2.91. The van der Waals surface area contributed by atoms with Gasteiger partial charge >= 0.3 is 6.18 Å². The van der Waals surface area contributed by atoms with E-state index in [4.69, 9.17) is 5.26 Å². The molecule has 0 aromatic carbocycles. The monoisotopic (exact) mass is 282 g/mol. The van der Waals surface area contributed by atoms with E-state index < -0.39 is 11.9 Å². The molecule has 96 valence electrons. The summed E-state index contributed by atoms with van der Waals surface area (Å²) in [6.07, 6.45) is -1.83. The Labute approximate surface area is 110 Å². The first kappa shape index (κ1) is 13.3. The third-order valence-corrected chi connectivity index (χ3v) is 2.98. The minimum Gasteiger partial charge on any atom is -0.245 e. The van der Waals surface area contributed by atoms with Crippen LogP contribution in [0.25, 0.3) is 0 Å². The van der Waals surface area contributed by atoms with Gasteiger partial charge in [-0.05, 0) is 30.0 Å². The van der Waals surface area contributed by atoms with Crippen LogP contribution in [0.3, 0.4) is 0 Å². The van der Waals surface area contributed by atoms with Crippen LogP contribution in [0.2, 0.25) is 0 Å². The molecular weight excluding hydrogens is 277 g/mol. The second kappa shape index (κ2) is 5.24. The number of nitriles is 1. The first-order valence-corrected chi connectivity index (χ1v) is 5.74. The Kier molecular flexibility index (Phi) is 3.66. The van der Waals surface area contributed by atoms with Crippen LogP contribution in [0.15, 0.2) is 40.8 Å². The summed E-state index contributed by atoms with van der Waals surface area (Å²) < 4.78 is 37.7. The zero-order valence-corrected chi connectivity index (χ0v) is 10.0. The zero-order chi connectivity index (χ0) is 13.9. The molecule has 0 aliphatic heterocycles. The lowest BCUT2D eigenvalue weighted by atomic mass is 10.2. The summed E-state index contributed by atoms with van der Waals surface area (Å²) in [6, 6.07) is 5.20. The molecule has 0 aliphatic rings. The summed E-state index contributed by atoms with van der Waals surface area (Å²) in [5.41, 5.74) is -0.973. The van der Waals surface area contributed by atoms with Gasteiger partial charge in [0.2, 0.25) is 0 Å². The van der Waals surface area contributed by atoms with Crippen LogP contribution in [0, 0.1) is 11.3 Å². The fourth-order valence-electron chi connectivity index (χ4n) is 1.20. The van der Waals surface area contributed by atoms with E-state index in [0.29, 0.717) is 5.03 Å². The summed E-state index contributed by atoms with van der Waals surface area (Å²) >= 11 is 0.884. The summed E-state index contributed by atoms with van der Waals surface area (Å²) in [6.45, 7) is 0. The molecule has 4 nitrogen and oxygen atoms in total. The molecule has 0 bridgehead atoms. The van der Waals surface area contributed by atoms with Crippen molar-refractivity contribution >= 4 is 11.8 Å². The van der Waals surface area contributed by atoms with Gasteiger partial charge in [0, 0.05) is 6.20 Å². The van der Waals surface area contributed by atoms with Gasteiger partial charge in [-0.15, -0.1) is 0 Å². The molecule has 2 heterocycles. The molecule has 19 heavy (non-hydrogen) atoms. The van der Waals surface area contributed by atoms with E-state index in [1.165, 1.54) is 18.6 Å². The first-order valence-electron chi connectivity index (χ1n) is 4.93. The van der Waals surface area contributed by atoms with Crippen LogP contribution in [-0.2, 0) is 6.18 Å². The number of hydrogen-bond donors (Lipinski definition) is 0. The van der Waals surface area contributed by atoms with Gasteiger partial charge < -0.3 is 0 Å². The molecule has 0 radical (unpaired) electrons. The van der Waals surface area contributed by atoms with E-state index in [0.717, 1.165) is 23.9 Å². The molecular formula is C11H5F3N4S. The van der Waals surface area contributed by atoms with Crippen LogP contribution in [-0.4, -0.2) is 15.0 Å². The Balaban J connectivity index is 2.41. The molecule has 0 aliphatic carbocycles. The van der Waals surface area contributed by atoms with Gasteiger partial charge in [-0.3, -0.25) is 0 Å². The number of pyridine rings is 1. The van der Waals surface area contributed by atoms with Gasteiger partial charge in [-0.25, -0.2) is 15.0 Å².